The first kappa shape index (κ1) is 30.7. The summed E-state index contributed by atoms with van der Waals surface area (Å²) in [4.78, 5) is 45.3. The van der Waals surface area contributed by atoms with Crippen LogP contribution >= 0.6 is 0 Å². The molecule has 0 spiro atoms. The van der Waals surface area contributed by atoms with E-state index in [1.54, 1.807) is 31.6 Å². The van der Waals surface area contributed by atoms with Crippen molar-refractivity contribution in [2.75, 3.05) is 20.2 Å². The molecule has 4 aromatic heterocycles. The van der Waals surface area contributed by atoms with Crippen LogP contribution in [0, 0.1) is 0 Å². The molecule has 244 valence electrons. The number of rotatable bonds is 4. The van der Waals surface area contributed by atoms with E-state index in [0.717, 1.165) is 47.2 Å². The number of nitrogens with one attached hydrogen (secondary N) is 3. The molecule has 3 N–H and O–H groups in total. The molecule has 2 bridgehead atoms. The maximum atomic E-state index is 14.5. The molecule has 7 rings (SSSR count). The van der Waals surface area contributed by atoms with Crippen LogP contribution in [0.5, 0.6) is 5.75 Å². The first-order chi connectivity index (χ1) is 22.8. The Labute approximate surface area is 271 Å². The van der Waals surface area contributed by atoms with Gasteiger partial charge in [0.1, 0.15) is 28.8 Å². The summed E-state index contributed by atoms with van der Waals surface area (Å²) in [5.41, 5.74) is 5.15. The monoisotopic (exact) mass is 639 g/mol. The topological polar surface area (TPSA) is 141 Å². The number of pyridine rings is 1. The number of hydrogen-bond donors (Lipinski definition) is 3. The van der Waals surface area contributed by atoms with Crippen molar-refractivity contribution < 1.29 is 18.7 Å². The molecule has 6 heterocycles. The van der Waals surface area contributed by atoms with Gasteiger partial charge in [0.15, 0.2) is 5.82 Å². The standard InChI is InChI=1S/C34H38FN9O3/c1-19-23-9-8-20-16-27(44(31(20)40-23)14-6-4-5-7-24-29(34(46)39-19)38-13-12-37-24)32-41-25-15-21(17-28(47-3)30(25)43(32)2)33(45)42-26-18-36-11-10-22(26)35/h8-9,12-13,15-17,19,22,26,36H,4-7,10-11,14,18H2,1-3H3,(H,39,46)(H,42,45)/t19-,22+,26+/m1/s1. The number of piperidine rings is 1. The van der Waals surface area contributed by atoms with Gasteiger partial charge in [0.05, 0.1) is 41.8 Å². The Balaban J connectivity index is 1.27. The van der Waals surface area contributed by atoms with Gasteiger partial charge >= 0.3 is 0 Å². The molecule has 2 aliphatic heterocycles. The zero-order valence-electron chi connectivity index (χ0n) is 26.7. The summed E-state index contributed by atoms with van der Waals surface area (Å²) < 4.78 is 24.4. The van der Waals surface area contributed by atoms with Crippen LogP contribution < -0.4 is 20.7 Å². The second-order valence-corrected chi connectivity index (χ2v) is 12.3. The van der Waals surface area contributed by atoms with Crippen LogP contribution in [0.25, 0.3) is 33.6 Å². The van der Waals surface area contributed by atoms with Crippen LogP contribution in [-0.4, -0.2) is 73.3 Å². The highest BCUT2D eigenvalue weighted by Crippen LogP contribution is 2.35. The fraction of sp³-hybridized carbons (Fsp3) is 0.412. The summed E-state index contributed by atoms with van der Waals surface area (Å²) in [6.07, 6.45) is 5.74. The predicted octanol–water partition coefficient (Wildman–Crippen LogP) is 4.04. The number of ether oxygens (including phenoxy) is 1. The Hall–Kier alpha value is -4.91. The molecule has 0 saturated carbocycles. The average Bonchev–Trinajstić information content (AvgIpc) is 3.61. The number of imidazole rings is 1. The zero-order valence-corrected chi connectivity index (χ0v) is 26.7. The lowest BCUT2D eigenvalue weighted by molar-refractivity contribution is 0.0891. The number of amides is 2. The molecule has 0 aliphatic carbocycles. The quantitative estimate of drug-likeness (QED) is 0.268. The van der Waals surface area contributed by atoms with Crippen LogP contribution in [0.2, 0.25) is 0 Å². The van der Waals surface area contributed by atoms with Crippen molar-refractivity contribution in [2.45, 2.75) is 63.8 Å². The van der Waals surface area contributed by atoms with Gasteiger partial charge in [-0.15, -0.1) is 0 Å². The minimum absolute atomic E-state index is 0.266. The number of fused-ring (bicyclic) bond motifs is 3. The molecular weight excluding hydrogens is 601 g/mol. The maximum Gasteiger partial charge on any atom is 0.272 e. The van der Waals surface area contributed by atoms with E-state index in [4.69, 9.17) is 14.7 Å². The van der Waals surface area contributed by atoms with Gasteiger partial charge in [-0.25, -0.2) is 19.3 Å². The normalized spacial score (nSPS) is 20.5. The molecule has 1 fully saturated rings. The van der Waals surface area contributed by atoms with Crippen LogP contribution in [0.1, 0.15) is 70.9 Å². The maximum absolute atomic E-state index is 14.5. The lowest BCUT2D eigenvalue weighted by atomic mass is 10.0. The van der Waals surface area contributed by atoms with E-state index in [1.165, 1.54) is 0 Å². The first-order valence-electron chi connectivity index (χ1n) is 16.1. The number of benzene rings is 1. The Morgan fingerprint density at radius 3 is 2.79 bits per heavy atom. The van der Waals surface area contributed by atoms with E-state index in [1.807, 2.05) is 30.7 Å². The van der Waals surface area contributed by atoms with Gasteiger partial charge in [-0.1, -0.05) is 6.42 Å². The van der Waals surface area contributed by atoms with Crippen molar-refractivity contribution in [3.8, 4) is 17.3 Å². The lowest BCUT2D eigenvalue weighted by Gasteiger charge is -2.27. The van der Waals surface area contributed by atoms with E-state index < -0.39 is 12.2 Å². The Morgan fingerprint density at radius 1 is 1.11 bits per heavy atom. The molecule has 5 aromatic rings. The van der Waals surface area contributed by atoms with E-state index in [0.29, 0.717) is 66.5 Å². The summed E-state index contributed by atoms with van der Waals surface area (Å²) in [7, 11) is 3.49. The molecule has 0 unspecified atom stereocenters. The third kappa shape index (κ3) is 5.79. The van der Waals surface area contributed by atoms with Crippen LogP contribution in [0.15, 0.2) is 42.7 Å². The number of aryl methyl sites for hydroxylation is 3. The van der Waals surface area contributed by atoms with Gasteiger partial charge in [0.25, 0.3) is 11.8 Å². The summed E-state index contributed by atoms with van der Waals surface area (Å²) in [5, 5.41) is 9.98. The highest BCUT2D eigenvalue weighted by molar-refractivity contribution is 6.00. The fourth-order valence-electron chi connectivity index (χ4n) is 6.66. The molecule has 0 radical (unpaired) electrons. The molecule has 47 heavy (non-hydrogen) atoms. The van der Waals surface area contributed by atoms with Crippen LogP contribution in [0.3, 0.4) is 0 Å². The number of nitrogens with zero attached hydrogens (tertiary/aromatic N) is 6. The minimum atomic E-state index is -1.10. The Kier molecular flexibility index (Phi) is 8.31. The summed E-state index contributed by atoms with van der Waals surface area (Å²) in [6.45, 7) is 3.59. The summed E-state index contributed by atoms with van der Waals surface area (Å²) >= 11 is 0. The van der Waals surface area contributed by atoms with Crippen molar-refractivity contribution >= 4 is 33.9 Å². The summed E-state index contributed by atoms with van der Waals surface area (Å²) in [5.74, 6) is 0.556. The second-order valence-electron chi connectivity index (χ2n) is 12.3. The number of methoxy groups -OCH3 is 1. The first-order valence-corrected chi connectivity index (χ1v) is 16.1. The van der Waals surface area contributed by atoms with Gasteiger partial charge < -0.3 is 29.8 Å². The van der Waals surface area contributed by atoms with Crippen molar-refractivity contribution in [2.24, 2.45) is 7.05 Å². The number of alkyl halides is 1. The van der Waals surface area contributed by atoms with Gasteiger partial charge in [0.2, 0.25) is 0 Å². The number of carbonyl (C=O) groups excluding carboxylic acids is 2. The van der Waals surface area contributed by atoms with Crippen molar-refractivity contribution in [1.29, 1.82) is 0 Å². The molecule has 1 aromatic carbocycles. The number of aromatic nitrogens is 6. The molecule has 3 atom stereocenters. The van der Waals surface area contributed by atoms with Crippen LogP contribution in [-0.2, 0) is 20.0 Å². The number of hydrogen-bond acceptors (Lipinski definition) is 8. The fourth-order valence-corrected chi connectivity index (χ4v) is 6.66. The smallest absolute Gasteiger partial charge is 0.272 e. The molecular formula is C34H38FN9O3. The number of carbonyl (C=O) groups is 2. The molecule has 2 aliphatic rings. The molecule has 1 saturated heterocycles. The minimum Gasteiger partial charge on any atom is -0.494 e. The van der Waals surface area contributed by atoms with Gasteiger partial charge in [-0.3, -0.25) is 14.6 Å². The zero-order chi connectivity index (χ0) is 32.7. The van der Waals surface area contributed by atoms with Gasteiger partial charge in [0, 0.05) is 43.5 Å². The third-order valence-electron chi connectivity index (χ3n) is 9.20. The predicted molar refractivity (Wildman–Crippen MR) is 175 cm³/mol. The Bertz CT molecular complexity index is 1990. The third-order valence-corrected chi connectivity index (χ3v) is 9.20. The molecule has 12 nitrogen and oxygen atoms in total. The Morgan fingerprint density at radius 2 is 1.96 bits per heavy atom. The molecule has 13 heteroatoms. The van der Waals surface area contributed by atoms with E-state index in [9.17, 15) is 14.0 Å². The number of halogens is 1. The van der Waals surface area contributed by atoms with E-state index >= 15 is 0 Å². The van der Waals surface area contributed by atoms with Gasteiger partial charge in [-0.2, -0.15) is 0 Å². The van der Waals surface area contributed by atoms with Crippen molar-refractivity contribution in [3.05, 3.63) is 65.4 Å². The summed E-state index contributed by atoms with van der Waals surface area (Å²) in [6, 6.07) is 8.47. The van der Waals surface area contributed by atoms with E-state index in [-0.39, 0.29) is 17.9 Å². The van der Waals surface area contributed by atoms with E-state index in [2.05, 4.69) is 36.6 Å². The average molecular weight is 640 g/mol. The molecule has 2 amide bonds. The SMILES string of the molecule is COc1cc(C(=O)N[C@H]2CNCC[C@@H]2F)cc2nc(-c3cc4ccc5nc4n3CCCCCc3nccnc3C(=O)N[C@@H]5C)n(C)c12. The van der Waals surface area contributed by atoms with Crippen molar-refractivity contribution in [3.63, 3.8) is 0 Å². The van der Waals surface area contributed by atoms with Crippen molar-refractivity contribution in [1.82, 2.24) is 45.0 Å². The highest BCUT2D eigenvalue weighted by Gasteiger charge is 2.28. The lowest BCUT2D eigenvalue weighted by Crippen LogP contribution is -2.52. The largest absolute Gasteiger partial charge is 0.494 e. The second kappa shape index (κ2) is 12.7. The van der Waals surface area contributed by atoms with Crippen LogP contribution in [0.4, 0.5) is 4.39 Å². The van der Waals surface area contributed by atoms with Gasteiger partial charge in [-0.05, 0) is 69.5 Å². The highest BCUT2D eigenvalue weighted by atomic mass is 19.1.